The van der Waals surface area contributed by atoms with Crippen LogP contribution in [0.1, 0.15) is 114 Å². The first kappa shape index (κ1) is 57.0. The molecule has 0 saturated carbocycles. The van der Waals surface area contributed by atoms with Gasteiger partial charge >= 0.3 is 31.2 Å². The first-order valence-corrected chi connectivity index (χ1v) is 23.2. The minimum atomic E-state index is -0.713. The largest absolute Gasteiger partial charge is 0.486 e. The molecule has 0 N–H and O–H groups in total. The van der Waals surface area contributed by atoms with Crippen LogP contribution in [0.4, 0.5) is 9.59 Å². The molecule has 14 nitrogen and oxygen atoms in total. The van der Waals surface area contributed by atoms with Gasteiger partial charge in [0, 0.05) is 29.3 Å². The number of amides is 2. The van der Waals surface area contributed by atoms with Crippen LogP contribution in [0.25, 0.3) is 27.9 Å². The fourth-order valence-corrected chi connectivity index (χ4v) is 6.49. The summed E-state index contributed by atoms with van der Waals surface area (Å²) in [7, 11) is 5.73. The molecule has 0 spiro atoms. The number of hydrogen-bond acceptors (Lipinski definition) is 12. The Bertz CT molecular complexity index is 2460. The van der Waals surface area contributed by atoms with Crippen molar-refractivity contribution < 1.29 is 47.4 Å². The number of esters is 2. The molecule has 16 heteroatoms. The number of halogens is 1. The Labute approximate surface area is 412 Å². The number of nitrogens with zero attached hydrogens (tertiary/aromatic N) is 4. The average Bonchev–Trinajstić information content (AvgIpc) is 3.45. The van der Waals surface area contributed by atoms with Gasteiger partial charge in [0.15, 0.2) is 0 Å². The first-order valence-electron chi connectivity index (χ1n) is 22.4. The monoisotopic (exact) mass is 1000 g/mol. The number of methoxy groups -OCH3 is 2. The molecule has 370 valence electrons. The number of carbonyl (C=O) groups is 4. The van der Waals surface area contributed by atoms with Gasteiger partial charge in [-0.1, -0.05) is 70.5 Å². The summed E-state index contributed by atoms with van der Waals surface area (Å²) in [6, 6.07) is 19.7. The summed E-state index contributed by atoms with van der Waals surface area (Å²) >= 11 is 3.44. The number of fused-ring (bicyclic) bond motifs is 2. The highest BCUT2D eigenvalue weighted by Gasteiger charge is 2.50. The Balaban J connectivity index is 0.000000280. The van der Waals surface area contributed by atoms with E-state index in [1.807, 2.05) is 142 Å². The van der Waals surface area contributed by atoms with Gasteiger partial charge in [0.05, 0.1) is 71.8 Å². The fraction of sp³-hybridized carbons (Fsp3) is 0.500. The van der Waals surface area contributed by atoms with E-state index in [1.165, 1.54) is 24.0 Å². The standard InChI is InChI=1S/C23H30N2O4.C16H19BrN2O2.C13H23BO4/c1-22(2,3)29-21(27)25(6)15-18-11-10-17-9-8-16(14-19(17)24-18)12-13-23(4,5)20(26)28-7;1-16(2,3)21-15(20)19(4)10-13-8-6-11-5-7-12(17)9-14(11)18-13;1-11(2,10(15)16-7)8-9-14-17-12(3,4)13(5,6)18-14/h8-14H,15H2,1-7H3;5-9H,10H2,1-4H3;8-9H,1-7H3/b13-12+;;9-8+. The molecule has 0 aliphatic carbocycles. The Morgan fingerprint density at radius 1 is 0.632 bits per heavy atom. The lowest BCUT2D eigenvalue weighted by atomic mass is 9.83. The van der Waals surface area contributed by atoms with Crippen molar-refractivity contribution in [1.29, 1.82) is 0 Å². The normalized spacial score (nSPS) is 14.7. The highest BCUT2D eigenvalue weighted by molar-refractivity contribution is 9.10. The Morgan fingerprint density at radius 3 is 1.46 bits per heavy atom. The summed E-state index contributed by atoms with van der Waals surface area (Å²) in [5.41, 5.74) is 1.09. The molecule has 0 unspecified atom stereocenters. The molecule has 0 bridgehead atoms. The number of pyridine rings is 2. The van der Waals surface area contributed by atoms with Crippen molar-refractivity contribution in [3.05, 3.63) is 100 Å². The molecule has 5 rings (SSSR count). The SMILES string of the molecule is CN(Cc1ccc2ccc(Br)cc2n1)C(=O)OC(C)(C)C.COC(=O)C(C)(C)/C=C/B1OC(C)(C)C(C)(C)O1.COC(=O)C(C)(C)/C=C/c1ccc2ccc(CN(C)C(=O)OC(C)(C)C)nc2c1. The van der Waals surface area contributed by atoms with Crippen molar-refractivity contribution in [3.63, 3.8) is 0 Å². The fourth-order valence-electron chi connectivity index (χ4n) is 6.14. The van der Waals surface area contributed by atoms with Crippen molar-refractivity contribution in [2.24, 2.45) is 10.8 Å². The van der Waals surface area contributed by atoms with Crippen molar-refractivity contribution in [1.82, 2.24) is 19.8 Å². The molecule has 3 heterocycles. The number of aromatic nitrogens is 2. The van der Waals surface area contributed by atoms with Crippen LogP contribution in [-0.2, 0) is 50.9 Å². The zero-order valence-electron chi connectivity index (χ0n) is 43.3. The molecule has 0 radical (unpaired) electrons. The molecule has 2 aromatic heterocycles. The minimum Gasteiger partial charge on any atom is -0.468 e. The van der Waals surface area contributed by atoms with E-state index in [9.17, 15) is 19.2 Å². The highest BCUT2D eigenvalue weighted by atomic mass is 79.9. The maximum Gasteiger partial charge on any atom is 0.486 e. The van der Waals surface area contributed by atoms with Crippen molar-refractivity contribution >= 4 is 75.1 Å². The molecule has 1 saturated heterocycles. The Morgan fingerprint density at radius 2 is 1.03 bits per heavy atom. The predicted molar refractivity (Wildman–Crippen MR) is 272 cm³/mol. The lowest BCUT2D eigenvalue weighted by Gasteiger charge is -2.32. The van der Waals surface area contributed by atoms with E-state index < -0.39 is 29.2 Å². The minimum absolute atomic E-state index is 0.282. The summed E-state index contributed by atoms with van der Waals surface area (Å²) in [5, 5.41) is 2.07. The van der Waals surface area contributed by atoms with Gasteiger partial charge in [-0.2, -0.15) is 0 Å². The maximum absolute atomic E-state index is 12.2. The summed E-state index contributed by atoms with van der Waals surface area (Å²) in [6.45, 7) is 27.0. The van der Waals surface area contributed by atoms with Gasteiger partial charge in [-0.05, 0) is 133 Å². The van der Waals surface area contributed by atoms with Gasteiger partial charge in [-0.25, -0.2) is 9.59 Å². The molecule has 2 aromatic carbocycles. The molecule has 2 amide bonds. The molecule has 1 fully saturated rings. The maximum atomic E-state index is 12.2. The summed E-state index contributed by atoms with van der Waals surface area (Å²) in [6.07, 6.45) is 4.73. The van der Waals surface area contributed by atoms with Gasteiger partial charge in [-0.3, -0.25) is 19.6 Å². The van der Waals surface area contributed by atoms with Crippen molar-refractivity contribution in [2.45, 2.75) is 132 Å². The number of carbonyl (C=O) groups excluding carboxylic acids is 4. The lowest BCUT2D eigenvalue weighted by molar-refractivity contribution is -0.148. The quantitative estimate of drug-likeness (QED) is 0.0843. The Kier molecular flexibility index (Phi) is 19.2. The van der Waals surface area contributed by atoms with E-state index in [0.29, 0.717) is 13.1 Å². The molecular weight excluding hydrogens is 931 g/mol. The van der Waals surface area contributed by atoms with E-state index in [0.717, 1.165) is 43.2 Å². The lowest BCUT2D eigenvalue weighted by Crippen LogP contribution is -2.41. The van der Waals surface area contributed by atoms with Crippen LogP contribution in [-0.4, -0.2) is 102 Å². The molecule has 0 atom stereocenters. The average molecular weight is 1000 g/mol. The third-order valence-corrected chi connectivity index (χ3v) is 11.2. The second kappa shape index (κ2) is 22.9. The number of hydrogen-bond donors (Lipinski definition) is 0. The smallest absolute Gasteiger partial charge is 0.468 e. The number of benzene rings is 2. The zero-order valence-corrected chi connectivity index (χ0v) is 44.9. The molecule has 1 aliphatic heterocycles. The van der Waals surface area contributed by atoms with Crippen LogP contribution in [0, 0.1) is 10.8 Å². The molecule has 68 heavy (non-hydrogen) atoms. The molecule has 1 aliphatic rings. The van der Waals surface area contributed by atoms with E-state index in [-0.39, 0.29) is 35.3 Å². The van der Waals surface area contributed by atoms with E-state index >= 15 is 0 Å². The van der Waals surface area contributed by atoms with Crippen LogP contribution in [0.3, 0.4) is 0 Å². The topological polar surface area (TPSA) is 156 Å². The van der Waals surface area contributed by atoms with Crippen molar-refractivity contribution in [3.8, 4) is 0 Å². The highest BCUT2D eigenvalue weighted by Crippen LogP contribution is 2.37. The predicted octanol–water partition coefficient (Wildman–Crippen LogP) is 11.6. The summed E-state index contributed by atoms with van der Waals surface area (Å²) in [4.78, 5) is 59.8. The van der Waals surface area contributed by atoms with E-state index in [1.54, 1.807) is 53.8 Å². The van der Waals surface area contributed by atoms with Gasteiger partial charge < -0.3 is 38.1 Å². The van der Waals surface area contributed by atoms with E-state index in [2.05, 4.69) is 25.9 Å². The van der Waals surface area contributed by atoms with Crippen LogP contribution in [0.5, 0.6) is 0 Å². The molecule has 4 aromatic rings. The van der Waals surface area contributed by atoms with Crippen LogP contribution in [0.2, 0.25) is 0 Å². The van der Waals surface area contributed by atoms with Crippen LogP contribution in [0.15, 0.2) is 83.3 Å². The molecular formula is C52H72BBrN4O10. The number of ether oxygens (including phenoxy) is 4. The van der Waals surface area contributed by atoms with Crippen LogP contribution < -0.4 is 0 Å². The van der Waals surface area contributed by atoms with E-state index in [4.69, 9.17) is 28.3 Å². The third-order valence-electron chi connectivity index (χ3n) is 10.8. The second-order valence-corrected chi connectivity index (χ2v) is 21.7. The summed E-state index contributed by atoms with van der Waals surface area (Å²) in [5.74, 6) is 1.20. The Hall–Kier alpha value is -5.32. The van der Waals surface area contributed by atoms with Gasteiger partial charge in [0.25, 0.3) is 0 Å². The van der Waals surface area contributed by atoms with Gasteiger partial charge in [-0.15, -0.1) is 0 Å². The van der Waals surface area contributed by atoms with Crippen LogP contribution >= 0.6 is 15.9 Å². The van der Waals surface area contributed by atoms with Gasteiger partial charge in [0.1, 0.15) is 11.2 Å². The number of rotatable bonds is 10. The van der Waals surface area contributed by atoms with Gasteiger partial charge in [0.2, 0.25) is 0 Å². The summed E-state index contributed by atoms with van der Waals surface area (Å²) < 4.78 is 32.9. The third kappa shape index (κ3) is 17.3. The first-order chi connectivity index (χ1) is 31.2. The van der Waals surface area contributed by atoms with Crippen molar-refractivity contribution in [2.75, 3.05) is 28.3 Å². The zero-order chi connectivity index (χ0) is 51.6. The second-order valence-electron chi connectivity index (χ2n) is 20.8.